The molecule has 2 aromatic carbocycles. The quantitative estimate of drug-likeness (QED) is 0.475. The van der Waals surface area contributed by atoms with Crippen molar-refractivity contribution in [3.05, 3.63) is 84.9 Å². The van der Waals surface area contributed by atoms with E-state index in [0.29, 0.717) is 0 Å². The van der Waals surface area contributed by atoms with E-state index in [0.717, 1.165) is 6.54 Å². The number of para-hydroxylation sites is 2. The molecule has 0 saturated carbocycles. The van der Waals surface area contributed by atoms with E-state index in [1.807, 2.05) is 12.1 Å². The molecule has 0 heterocycles. The van der Waals surface area contributed by atoms with Crippen LogP contribution in [-0.4, -0.2) is 6.54 Å². The Hall–Kier alpha value is -2.54. The third kappa shape index (κ3) is 2.97. The summed E-state index contributed by atoms with van der Waals surface area (Å²) < 4.78 is 0. The first-order valence-electron chi connectivity index (χ1n) is 7.36. The van der Waals surface area contributed by atoms with Crippen LogP contribution in [-0.2, 0) is 0 Å². The van der Waals surface area contributed by atoms with Crippen molar-refractivity contribution in [2.75, 3.05) is 11.4 Å². The average Bonchev–Trinajstić information content (AvgIpc) is 2.54. The lowest BCUT2D eigenvalue weighted by Gasteiger charge is -2.23. The summed E-state index contributed by atoms with van der Waals surface area (Å²) in [5.74, 6) is 0. The monoisotopic (exact) mass is 273 g/mol. The van der Waals surface area contributed by atoms with Gasteiger partial charge in [0.2, 0.25) is 0 Å². The van der Waals surface area contributed by atoms with Crippen LogP contribution in [0.2, 0.25) is 0 Å². The predicted octanol–water partition coefficient (Wildman–Crippen LogP) is 5.51. The van der Waals surface area contributed by atoms with Crippen LogP contribution < -0.4 is 4.90 Å². The number of benzene rings is 3. The van der Waals surface area contributed by atoms with E-state index >= 15 is 0 Å². The van der Waals surface area contributed by atoms with Gasteiger partial charge in [-0.05, 0) is 42.3 Å². The van der Waals surface area contributed by atoms with Crippen LogP contribution in [0.4, 0.5) is 11.4 Å². The Morgan fingerprint density at radius 2 is 0.952 bits per heavy atom. The molecule has 4 rings (SSSR count). The van der Waals surface area contributed by atoms with Gasteiger partial charge in [-0.3, -0.25) is 0 Å². The fourth-order valence-corrected chi connectivity index (χ4v) is 2.39. The first kappa shape index (κ1) is 13.4. The number of hydrogen-bond acceptors (Lipinski definition) is 1. The van der Waals surface area contributed by atoms with Gasteiger partial charge in [-0.1, -0.05) is 60.7 Å². The number of fused-ring (bicyclic) bond motifs is 1. The minimum Gasteiger partial charge on any atom is -0.342 e. The molecule has 0 bridgehead atoms. The Kier molecular flexibility index (Phi) is 4.02. The van der Waals surface area contributed by atoms with Gasteiger partial charge < -0.3 is 4.90 Å². The van der Waals surface area contributed by atoms with Gasteiger partial charge in [0.05, 0.1) is 0 Å². The van der Waals surface area contributed by atoms with Gasteiger partial charge in [0.15, 0.2) is 0 Å². The van der Waals surface area contributed by atoms with Crippen LogP contribution >= 0.6 is 0 Å². The van der Waals surface area contributed by atoms with Crippen molar-refractivity contribution >= 4 is 11.4 Å². The van der Waals surface area contributed by atoms with Crippen LogP contribution in [0.1, 0.15) is 6.92 Å². The summed E-state index contributed by atoms with van der Waals surface area (Å²) in [5, 5.41) is 0. The average molecular weight is 273 g/mol. The Morgan fingerprint density at radius 3 is 1.19 bits per heavy atom. The zero-order chi connectivity index (χ0) is 14.5. The fourth-order valence-electron chi connectivity index (χ4n) is 2.39. The summed E-state index contributed by atoms with van der Waals surface area (Å²) >= 11 is 0. The molecule has 104 valence electrons. The van der Waals surface area contributed by atoms with E-state index in [4.69, 9.17) is 0 Å². The van der Waals surface area contributed by atoms with E-state index < -0.39 is 0 Å². The standard InChI is InChI=1S/C14H15N.C6H4/c1-2-15(13-9-5-3-6-10-13)14-11-7-4-8-12-14;1-2-6-4-3-5(1)6/h3-12H,2H2,1H3;1-4H. The van der Waals surface area contributed by atoms with Crippen molar-refractivity contribution in [2.45, 2.75) is 6.92 Å². The van der Waals surface area contributed by atoms with Crippen molar-refractivity contribution < 1.29 is 0 Å². The summed E-state index contributed by atoms with van der Waals surface area (Å²) in [7, 11) is 0. The van der Waals surface area contributed by atoms with Crippen LogP contribution in [0.5, 0.6) is 0 Å². The first-order chi connectivity index (χ1) is 10.4. The zero-order valence-corrected chi connectivity index (χ0v) is 12.2. The minimum atomic E-state index is 0.980. The summed E-state index contributed by atoms with van der Waals surface area (Å²) in [6.07, 6.45) is 0. The topological polar surface area (TPSA) is 3.24 Å². The van der Waals surface area contributed by atoms with Crippen molar-refractivity contribution in [3.8, 4) is 11.1 Å². The molecule has 1 nitrogen and oxygen atoms in total. The highest BCUT2D eigenvalue weighted by Gasteiger charge is 2.05. The molecule has 1 heteroatoms. The van der Waals surface area contributed by atoms with Crippen LogP contribution in [0.15, 0.2) is 84.9 Å². The molecule has 2 aliphatic carbocycles. The Labute approximate surface area is 126 Å². The molecule has 2 aliphatic rings. The molecule has 0 atom stereocenters. The minimum absolute atomic E-state index is 0.980. The summed E-state index contributed by atoms with van der Waals surface area (Å²) in [6, 6.07) is 29.4. The largest absolute Gasteiger partial charge is 0.342 e. The second kappa shape index (κ2) is 6.27. The molecule has 0 unspecified atom stereocenters. The van der Waals surface area contributed by atoms with E-state index in [9.17, 15) is 0 Å². The van der Waals surface area contributed by atoms with Crippen molar-refractivity contribution in [1.29, 1.82) is 0 Å². The number of hydrogen-bond donors (Lipinski definition) is 0. The predicted molar refractivity (Wildman–Crippen MR) is 91.0 cm³/mol. The molecule has 0 spiro atoms. The molecule has 21 heavy (non-hydrogen) atoms. The lowest BCUT2D eigenvalue weighted by atomic mass is 9.95. The van der Waals surface area contributed by atoms with Crippen molar-refractivity contribution in [1.82, 2.24) is 0 Å². The van der Waals surface area contributed by atoms with Gasteiger partial charge in [0.1, 0.15) is 0 Å². The lowest BCUT2D eigenvalue weighted by Crippen LogP contribution is -2.15. The molecule has 0 aromatic heterocycles. The smallest absolute Gasteiger partial charge is 0.0410 e. The van der Waals surface area contributed by atoms with Gasteiger partial charge in [0.25, 0.3) is 0 Å². The summed E-state index contributed by atoms with van der Waals surface area (Å²) in [4.78, 5) is 2.29. The lowest BCUT2D eigenvalue weighted by molar-refractivity contribution is 1.02. The number of anilines is 2. The highest BCUT2D eigenvalue weighted by molar-refractivity contribution is 5.75. The SMILES string of the molecule is CCN(c1ccccc1)c1ccccc1.c1cc2ccc1-2. The summed E-state index contributed by atoms with van der Waals surface area (Å²) in [6.45, 7) is 3.15. The molecule has 0 saturated heterocycles. The van der Waals surface area contributed by atoms with Gasteiger partial charge in [-0.15, -0.1) is 0 Å². The van der Waals surface area contributed by atoms with Gasteiger partial charge in [-0.25, -0.2) is 0 Å². The molecular weight excluding hydrogens is 254 g/mol. The Morgan fingerprint density at radius 1 is 0.571 bits per heavy atom. The van der Waals surface area contributed by atoms with E-state index in [1.165, 1.54) is 22.5 Å². The molecular formula is C20H19N. The third-order valence-electron chi connectivity index (χ3n) is 3.67. The molecule has 2 aromatic rings. The van der Waals surface area contributed by atoms with Crippen molar-refractivity contribution in [3.63, 3.8) is 0 Å². The molecule has 0 fully saturated rings. The van der Waals surface area contributed by atoms with Gasteiger partial charge in [0, 0.05) is 17.9 Å². The zero-order valence-electron chi connectivity index (χ0n) is 12.2. The highest BCUT2D eigenvalue weighted by atomic mass is 15.1. The maximum Gasteiger partial charge on any atom is 0.0410 e. The highest BCUT2D eigenvalue weighted by Crippen LogP contribution is 2.29. The molecule has 0 radical (unpaired) electrons. The summed E-state index contributed by atoms with van der Waals surface area (Å²) in [5.41, 5.74) is 5.34. The normalized spacial score (nSPS) is 10.3. The molecule has 0 N–H and O–H groups in total. The van der Waals surface area contributed by atoms with Crippen LogP contribution in [0.25, 0.3) is 11.1 Å². The van der Waals surface area contributed by atoms with E-state index in [2.05, 4.69) is 84.6 Å². The van der Waals surface area contributed by atoms with Crippen LogP contribution in [0, 0.1) is 0 Å². The Balaban J connectivity index is 0.000000180. The maximum absolute atomic E-state index is 2.29. The van der Waals surface area contributed by atoms with Crippen LogP contribution in [0.3, 0.4) is 0 Å². The van der Waals surface area contributed by atoms with Crippen molar-refractivity contribution in [2.24, 2.45) is 0 Å². The first-order valence-corrected chi connectivity index (χ1v) is 7.36. The number of nitrogens with zero attached hydrogens (tertiary/aromatic N) is 1. The molecule has 0 amide bonds. The molecule has 0 aliphatic heterocycles. The van der Waals surface area contributed by atoms with E-state index in [1.54, 1.807) is 0 Å². The van der Waals surface area contributed by atoms with Gasteiger partial charge >= 0.3 is 0 Å². The Bertz CT molecular complexity index is 612. The second-order valence-corrected chi connectivity index (χ2v) is 4.99. The second-order valence-electron chi connectivity index (χ2n) is 4.99. The van der Waals surface area contributed by atoms with Gasteiger partial charge in [-0.2, -0.15) is 0 Å². The third-order valence-corrected chi connectivity index (χ3v) is 3.67. The van der Waals surface area contributed by atoms with E-state index in [-0.39, 0.29) is 0 Å². The maximum atomic E-state index is 2.29. The fraction of sp³-hybridized carbons (Fsp3) is 0.100. The number of rotatable bonds is 3.